The van der Waals surface area contributed by atoms with Crippen LogP contribution < -0.4 is 4.74 Å². The first-order chi connectivity index (χ1) is 20.8. The number of aliphatic carboxylic acids is 1. The van der Waals surface area contributed by atoms with Gasteiger partial charge in [0.15, 0.2) is 0 Å². The van der Waals surface area contributed by atoms with Crippen LogP contribution in [0, 0.1) is 16.7 Å². The summed E-state index contributed by atoms with van der Waals surface area (Å²) < 4.78 is 34.5. The molecule has 2 aliphatic heterocycles. The number of likely N-dealkylation sites (tertiary alicyclic amines) is 1. The minimum Gasteiger partial charge on any atom is -0.487 e. The van der Waals surface area contributed by atoms with Gasteiger partial charge in [-0.1, -0.05) is 16.8 Å². The average Bonchev–Trinajstić information content (AvgIpc) is 3.49. The SMILES string of the molecule is Cn1nnc(COc2ccc(Cl)c3c2[C@@H](CN2CC4(CC4)CC2=O)N(C(=O)[C@@H]2[C@@H](O)CCC[C@]2(C)C(=O)O)CC3)c1C(F)F. The lowest BCUT2D eigenvalue weighted by Crippen LogP contribution is -2.56. The second kappa shape index (κ2) is 11.2. The molecule has 2 aliphatic carbocycles. The molecule has 3 heterocycles. The van der Waals surface area contributed by atoms with Crippen LogP contribution in [0.25, 0.3) is 0 Å². The Bertz CT molecular complexity index is 1500. The Labute approximate surface area is 258 Å². The van der Waals surface area contributed by atoms with Gasteiger partial charge in [0.25, 0.3) is 6.43 Å². The number of carbonyl (C=O) groups is 3. The Balaban J connectivity index is 1.40. The third-order valence-electron chi connectivity index (χ3n) is 10.1. The molecule has 1 aromatic carbocycles. The molecule has 2 saturated carbocycles. The second-order valence-electron chi connectivity index (χ2n) is 13.0. The molecule has 2 aromatic rings. The number of benzene rings is 1. The number of aryl methyl sites for hydroxylation is 1. The van der Waals surface area contributed by atoms with Crippen LogP contribution in [0.4, 0.5) is 8.78 Å². The standard InChI is InChI=1S/C30H36ClF2N5O6/c1-29(28(42)43)8-3-4-20(39)24(29)27(41)38-11-7-16-17(31)5-6-21(44-14-18-25(26(32)33)36(2)35-34-18)23(16)19(38)13-37-15-30(9-10-30)12-22(37)40/h5-6,19-20,24,26,39H,3-4,7-15H2,1-2H3,(H,42,43)/t19-,20+,24+,29+/m1/s1. The number of aromatic nitrogens is 3. The van der Waals surface area contributed by atoms with Crippen molar-refractivity contribution in [3.05, 3.63) is 39.7 Å². The number of ether oxygens (including phenoxy) is 1. The van der Waals surface area contributed by atoms with Crippen molar-refractivity contribution < 1.29 is 38.1 Å². The number of aliphatic hydroxyl groups excluding tert-OH is 1. The maximum atomic E-state index is 14.4. The van der Waals surface area contributed by atoms with E-state index in [-0.39, 0.29) is 54.6 Å². The molecule has 0 bridgehead atoms. The quantitative estimate of drug-likeness (QED) is 0.448. The van der Waals surface area contributed by atoms with Gasteiger partial charge in [-0.3, -0.25) is 14.4 Å². The van der Waals surface area contributed by atoms with E-state index >= 15 is 0 Å². The normalized spacial score (nSPS) is 27.6. The van der Waals surface area contributed by atoms with Gasteiger partial charge in [0.05, 0.1) is 23.5 Å². The highest BCUT2D eigenvalue weighted by Crippen LogP contribution is 2.54. The van der Waals surface area contributed by atoms with E-state index in [0.29, 0.717) is 48.4 Å². The highest BCUT2D eigenvalue weighted by Gasteiger charge is 2.55. The fourth-order valence-corrected chi connectivity index (χ4v) is 7.69. The summed E-state index contributed by atoms with van der Waals surface area (Å²) in [7, 11) is 1.37. The lowest BCUT2D eigenvalue weighted by atomic mass is 9.65. The number of alkyl halides is 2. The first-order valence-corrected chi connectivity index (χ1v) is 15.3. The van der Waals surface area contributed by atoms with Crippen LogP contribution in [0.5, 0.6) is 5.75 Å². The fourth-order valence-electron chi connectivity index (χ4n) is 7.43. The number of rotatable bonds is 8. The number of hydrogen-bond donors (Lipinski definition) is 2. The molecule has 44 heavy (non-hydrogen) atoms. The van der Waals surface area contributed by atoms with Crippen molar-refractivity contribution in [2.45, 2.75) is 77.0 Å². The van der Waals surface area contributed by atoms with Gasteiger partial charge in [-0.15, -0.1) is 5.10 Å². The zero-order chi connectivity index (χ0) is 31.6. The smallest absolute Gasteiger partial charge is 0.310 e. The van der Waals surface area contributed by atoms with Crippen LogP contribution >= 0.6 is 11.6 Å². The number of carboxylic acids is 1. The van der Waals surface area contributed by atoms with E-state index < -0.39 is 41.8 Å². The van der Waals surface area contributed by atoms with Gasteiger partial charge in [0.2, 0.25) is 11.8 Å². The minimum absolute atomic E-state index is 0.0271. The molecule has 14 heteroatoms. The van der Waals surface area contributed by atoms with Crippen LogP contribution in [-0.4, -0.2) is 78.5 Å². The Morgan fingerprint density at radius 3 is 2.66 bits per heavy atom. The summed E-state index contributed by atoms with van der Waals surface area (Å²) in [6.45, 7) is 2.03. The summed E-state index contributed by atoms with van der Waals surface area (Å²) in [5.74, 6) is -2.60. The van der Waals surface area contributed by atoms with Crippen molar-refractivity contribution in [1.29, 1.82) is 0 Å². The Morgan fingerprint density at radius 1 is 1.25 bits per heavy atom. The Morgan fingerprint density at radius 2 is 2.00 bits per heavy atom. The summed E-state index contributed by atoms with van der Waals surface area (Å²) in [5, 5.41) is 29.2. The predicted octanol–water partition coefficient (Wildman–Crippen LogP) is 3.68. The van der Waals surface area contributed by atoms with Gasteiger partial charge in [-0.2, -0.15) is 0 Å². The summed E-state index contributed by atoms with van der Waals surface area (Å²) >= 11 is 6.67. The third-order valence-corrected chi connectivity index (χ3v) is 10.5. The predicted molar refractivity (Wildman–Crippen MR) is 152 cm³/mol. The zero-order valence-corrected chi connectivity index (χ0v) is 25.4. The molecule has 1 saturated heterocycles. The number of carboxylic acid groups (broad SMARTS) is 1. The van der Waals surface area contributed by atoms with Gasteiger partial charge < -0.3 is 24.7 Å². The third kappa shape index (κ3) is 5.21. The maximum Gasteiger partial charge on any atom is 0.310 e. The summed E-state index contributed by atoms with van der Waals surface area (Å²) in [5.41, 5.74) is -0.712. The van der Waals surface area contributed by atoms with E-state index in [1.165, 1.54) is 14.0 Å². The van der Waals surface area contributed by atoms with E-state index in [1.807, 2.05) is 0 Å². The molecule has 1 spiro atoms. The number of halogens is 3. The van der Waals surface area contributed by atoms with Gasteiger partial charge in [-0.05, 0) is 68.6 Å². The van der Waals surface area contributed by atoms with Crippen LogP contribution in [0.15, 0.2) is 12.1 Å². The van der Waals surface area contributed by atoms with Crippen molar-refractivity contribution in [2.24, 2.45) is 23.8 Å². The number of nitrogens with zero attached hydrogens (tertiary/aromatic N) is 5. The monoisotopic (exact) mass is 635 g/mol. The second-order valence-corrected chi connectivity index (χ2v) is 13.4. The molecule has 6 rings (SSSR count). The molecule has 3 fully saturated rings. The molecule has 0 radical (unpaired) electrons. The molecule has 4 atom stereocenters. The Kier molecular flexibility index (Phi) is 7.84. The van der Waals surface area contributed by atoms with Crippen LogP contribution in [0.2, 0.25) is 5.02 Å². The van der Waals surface area contributed by atoms with Gasteiger partial charge in [0.1, 0.15) is 23.7 Å². The molecule has 2 N–H and O–H groups in total. The highest BCUT2D eigenvalue weighted by atomic mass is 35.5. The van der Waals surface area contributed by atoms with Crippen LogP contribution in [0.1, 0.15) is 80.4 Å². The van der Waals surface area contributed by atoms with Gasteiger partial charge >= 0.3 is 5.97 Å². The maximum absolute atomic E-state index is 14.4. The van der Waals surface area contributed by atoms with Crippen molar-refractivity contribution in [3.8, 4) is 5.75 Å². The first-order valence-electron chi connectivity index (χ1n) is 15.0. The van der Waals surface area contributed by atoms with Crippen LogP contribution in [-0.2, 0) is 34.5 Å². The van der Waals surface area contributed by atoms with E-state index in [2.05, 4.69) is 10.3 Å². The van der Waals surface area contributed by atoms with Crippen molar-refractivity contribution in [2.75, 3.05) is 19.6 Å². The highest BCUT2D eigenvalue weighted by molar-refractivity contribution is 6.31. The number of hydrogen-bond acceptors (Lipinski definition) is 7. The average molecular weight is 636 g/mol. The lowest BCUT2D eigenvalue weighted by Gasteiger charge is -2.46. The number of amides is 2. The summed E-state index contributed by atoms with van der Waals surface area (Å²) in [6, 6.07) is 2.47. The van der Waals surface area contributed by atoms with Crippen LogP contribution in [0.3, 0.4) is 0 Å². The molecule has 11 nitrogen and oxygen atoms in total. The topological polar surface area (TPSA) is 138 Å². The lowest BCUT2D eigenvalue weighted by molar-refractivity contribution is -0.170. The molecule has 1 aromatic heterocycles. The van der Waals surface area contributed by atoms with E-state index in [9.17, 15) is 33.4 Å². The van der Waals surface area contributed by atoms with Gasteiger partial charge in [0, 0.05) is 43.7 Å². The number of aliphatic hydroxyl groups is 1. The molecule has 2 amide bonds. The summed E-state index contributed by atoms with van der Waals surface area (Å²) in [4.78, 5) is 43.3. The Hall–Kier alpha value is -3.32. The number of fused-ring (bicyclic) bond motifs is 1. The largest absolute Gasteiger partial charge is 0.487 e. The van der Waals surface area contributed by atoms with E-state index in [1.54, 1.807) is 21.9 Å². The molecule has 0 unspecified atom stereocenters. The fraction of sp³-hybridized carbons (Fsp3) is 0.633. The van der Waals surface area contributed by atoms with Crippen molar-refractivity contribution >= 4 is 29.4 Å². The minimum atomic E-state index is -2.82. The first kappa shape index (κ1) is 30.7. The zero-order valence-electron chi connectivity index (χ0n) is 24.6. The molecule has 238 valence electrons. The molecular formula is C30H36ClF2N5O6. The molecule has 4 aliphatic rings. The van der Waals surface area contributed by atoms with Crippen molar-refractivity contribution in [1.82, 2.24) is 24.8 Å². The van der Waals surface area contributed by atoms with Crippen molar-refractivity contribution in [3.63, 3.8) is 0 Å². The number of carbonyl (C=O) groups excluding carboxylic acids is 2. The van der Waals surface area contributed by atoms with E-state index in [4.69, 9.17) is 16.3 Å². The molecular weight excluding hydrogens is 600 g/mol. The summed E-state index contributed by atoms with van der Waals surface area (Å²) in [6.07, 6.45) is -0.315. The van der Waals surface area contributed by atoms with E-state index in [0.717, 1.165) is 17.5 Å². The van der Waals surface area contributed by atoms with Gasteiger partial charge in [-0.25, -0.2) is 13.5 Å².